The summed E-state index contributed by atoms with van der Waals surface area (Å²) < 4.78 is 1.57. The zero-order valence-electron chi connectivity index (χ0n) is 11.9. The highest BCUT2D eigenvalue weighted by atomic mass is 35.5. The zero-order chi connectivity index (χ0) is 15.7. The van der Waals surface area contributed by atoms with Gasteiger partial charge in [0, 0.05) is 10.6 Å². The molecule has 3 rings (SSSR count). The van der Waals surface area contributed by atoms with Crippen molar-refractivity contribution >= 4 is 23.4 Å². The van der Waals surface area contributed by atoms with Gasteiger partial charge in [0.1, 0.15) is 11.6 Å². The molecule has 1 aromatic carbocycles. The molecule has 0 radical (unpaired) electrons. The molecule has 7 heteroatoms. The SMILES string of the molecule is CCN1CSc2nc(-c3ccc(Cl)cc3)c(C#N)c(=O)n2C1. The maximum atomic E-state index is 12.6. The van der Waals surface area contributed by atoms with Crippen molar-refractivity contribution in [1.29, 1.82) is 5.26 Å². The highest BCUT2D eigenvalue weighted by Crippen LogP contribution is 2.27. The average molecular weight is 333 g/mol. The number of hydrogen-bond donors (Lipinski definition) is 0. The second-order valence-corrected chi connectivity index (χ2v) is 6.22. The Balaban J connectivity index is 2.17. The van der Waals surface area contributed by atoms with E-state index >= 15 is 0 Å². The van der Waals surface area contributed by atoms with Crippen LogP contribution in [0.5, 0.6) is 0 Å². The third-order valence-electron chi connectivity index (χ3n) is 3.53. The third-order valence-corrected chi connectivity index (χ3v) is 4.84. The molecule has 0 saturated carbocycles. The Labute approximate surface area is 137 Å². The summed E-state index contributed by atoms with van der Waals surface area (Å²) in [7, 11) is 0. The fourth-order valence-electron chi connectivity index (χ4n) is 2.27. The predicted molar refractivity (Wildman–Crippen MR) is 86.8 cm³/mol. The van der Waals surface area contributed by atoms with E-state index in [9.17, 15) is 10.1 Å². The summed E-state index contributed by atoms with van der Waals surface area (Å²) >= 11 is 7.40. The standard InChI is InChI=1S/C15H13ClN4OS/c1-2-19-8-20-14(21)12(7-17)13(18-15(20)22-9-19)10-3-5-11(16)6-4-10/h3-6H,2,8-9H2,1H3. The lowest BCUT2D eigenvalue weighted by Gasteiger charge is -2.27. The molecule has 0 N–H and O–H groups in total. The number of halogens is 1. The second-order valence-electron chi connectivity index (χ2n) is 4.87. The van der Waals surface area contributed by atoms with E-state index < -0.39 is 0 Å². The predicted octanol–water partition coefficient (Wildman–Crippen LogP) is 2.78. The third kappa shape index (κ3) is 2.63. The van der Waals surface area contributed by atoms with Crippen molar-refractivity contribution in [3.63, 3.8) is 0 Å². The van der Waals surface area contributed by atoms with Gasteiger partial charge in [0.15, 0.2) is 5.16 Å². The highest BCUT2D eigenvalue weighted by Gasteiger charge is 2.23. The fourth-order valence-corrected chi connectivity index (χ4v) is 3.41. The van der Waals surface area contributed by atoms with Crippen LogP contribution in [0.4, 0.5) is 0 Å². The van der Waals surface area contributed by atoms with Crippen molar-refractivity contribution in [2.75, 3.05) is 12.4 Å². The van der Waals surface area contributed by atoms with Crippen molar-refractivity contribution < 1.29 is 0 Å². The molecular weight excluding hydrogens is 320 g/mol. The Morgan fingerprint density at radius 2 is 2.14 bits per heavy atom. The molecule has 0 saturated heterocycles. The lowest BCUT2D eigenvalue weighted by atomic mass is 10.1. The molecule has 0 spiro atoms. The summed E-state index contributed by atoms with van der Waals surface area (Å²) in [5.74, 6) is 0.787. The van der Waals surface area contributed by atoms with E-state index in [0.29, 0.717) is 22.5 Å². The summed E-state index contributed by atoms with van der Waals surface area (Å²) in [6, 6.07) is 9.00. The summed E-state index contributed by atoms with van der Waals surface area (Å²) in [5.41, 5.74) is 0.931. The number of rotatable bonds is 2. The van der Waals surface area contributed by atoms with E-state index in [-0.39, 0.29) is 11.1 Å². The summed E-state index contributed by atoms with van der Waals surface area (Å²) in [6.07, 6.45) is 0. The van der Waals surface area contributed by atoms with Crippen LogP contribution in [0.3, 0.4) is 0 Å². The first-order valence-electron chi connectivity index (χ1n) is 6.80. The average Bonchev–Trinajstić information content (AvgIpc) is 2.55. The van der Waals surface area contributed by atoms with Gasteiger partial charge in [-0.1, -0.05) is 42.4 Å². The minimum atomic E-state index is -0.289. The minimum absolute atomic E-state index is 0.0737. The molecule has 0 fully saturated rings. The van der Waals surface area contributed by atoms with Crippen LogP contribution in [0.25, 0.3) is 11.3 Å². The second kappa shape index (κ2) is 6.13. The topological polar surface area (TPSA) is 61.9 Å². The van der Waals surface area contributed by atoms with E-state index in [1.807, 2.05) is 13.0 Å². The number of thioether (sulfide) groups is 1. The van der Waals surface area contributed by atoms with Crippen molar-refractivity contribution in [2.24, 2.45) is 0 Å². The molecule has 2 aromatic rings. The quantitative estimate of drug-likeness (QED) is 0.791. The van der Waals surface area contributed by atoms with Crippen molar-refractivity contribution in [1.82, 2.24) is 14.5 Å². The van der Waals surface area contributed by atoms with Gasteiger partial charge in [-0.15, -0.1) is 0 Å². The summed E-state index contributed by atoms with van der Waals surface area (Å²) in [4.78, 5) is 19.3. The van der Waals surface area contributed by atoms with Gasteiger partial charge in [-0.3, -0.25) is 14.3 Å². The van der Waals surface area contributed by atoms with Crippen LogP contribution in [0.1, 0.15) is 12.5 Å². The fraction of sp³-hybridized carbons (Fsp3) is 0.267. The van der Waals surface area contributed by atoms with E-state index in [1.165, 1.54) is 11.8 Å². The molecule has 2 heterocycles. The maximum absolute atomic E-state index is 12.6. The molecule has 0 bridgehead atoms. The molecule has 5 nitrogen and oxygen atoms in total. The van der Waals surface area contributed by atoms with Gasteiger partial charge in [-0.25, -0.2) is 4.98 Å². The number of aromatic nitrogens is 2. The number of nitrogens with zero attached hydrogens (tertiary/aromatic N) is 4. The lowest BCUT2D eigenvalue weighted by Crippen LogP contribution is -2.38. The Bertz CT molecular complexity index is 810. The van der Waals surface area contributed by atoms with E-state index in [1.54, 1.807) is 28.8 Å². The Kier molecular flexibility index (Phi) is 4.21. The Morgan fingerprint density at radius 3 is 2.77 bits per heavy atom. The van der Waals surface area contributed by atoms with E-state index in [2.05, 4.69) is 9.88 Å². The molecule has 1 aliphatic rings. The normalized spacial score (nSPS) is 14.4. The van der Waals surface area contributed by atoms with Crippen LogP contribution in [-0.4, -0.2) is 26.9 Å². The van der Waals surface area contributed by atoms with Crippen LogP contribution in [0, 0.1) is 11.3 Å². The molecule has 0 atom stereocenters. The van der Waals surface area contributed by atoms with Gasteiger partial charge in [-0.05, 0) is 18.7 Å². The van der Waals surface area contributed by atoms with E-state index in [4.69, 9.17) is 11.6 Å². The number of nitriles is 1. The lowest BCUT2D eigenvalue weighted by molar-refractivity contribution is 0.242. The summed E-state index contributed by atoms with van der Waals surface area (Å²) in [6.45, 7) is 3.36. The number of hydrogen-bond acceptors (Lipinski definition) is 5. The van der Waals surface area contributed by atoms with Crippen LogP contribution < -0.4 is 5.56 Å². The molecule has 0 amide bonds. The maximum Gasteiger partial charge on any atom is 0.273 e. The Morgan fingerprint density at radius 1 is 1.41 bits per heavy atom. The van der Waals surface area contributed by atoms with Gasteiger partial charge in [0.2, 0.25) is 0 Å². The van der Waals surface area contributed by atoms with Gasteiger partial charge >= 0.3 is 0 Å². The highest BCUT2D eigenvalue weighted by molar-refractivity contribution is 7.99. The monoisotopic (exact) mass is 332 g/mol. The Hall–Kier alpha value is -1.81. The van der Waals surface area contributed by atoms with Crippen LogP contribution in [0.2, 0.25) is 5.02 Å². The summed E-state index contributed by atoms with van der Waals surface area (Å²) in [5, 5.41) is 10.6. The van der Waals surface area contributed by atoms with Crippen molar-refractivity contribution in [3.8, 4) is 17.3 Å². The molecule has 0 unspecified atom stereocenters. The van der Waals surface area contributed by atoms with Crippen LogP contribution in [-0.2, 0) is 6.67 Å². The first-order chi connectivity index (χ1) is 10.6. The molecule has 112 valence electrons. The first kappa shape index (κ1) is 15.1. The van der Waals surface area contributed by atoms with Gasteiger partial charge < -0.3 is 0 Å². The smallest absolute Gasteiger partial charge is 0.273 e. The molecule has 0 aliphatic carbocycles. The zero-order valence-corrected chi connectivity index (χ0v) is 13.5. The van der Waals surface area contributed by atoms with Crippen molar-refractivity contribution in [2.45, 2.75) is 18.7 Å². The van der Waals surface area contributed by atoms with Gasteiger partial charge in [0.25, 0.3) is 5.56 Å². The first-order valence-corrected chi connectivity index (χ1v) is 8.16. The number of fused-ring (bicyclic) bond motifs is 1. The largest absolute Gasteiger partial charge is 0.276 e. The molecule has 1 aromatic heterocycles. The van der Waals surface area contributed by atoms with Crippen LogP contribution >= 0.6 is 23.4 Å². The molecule has 22 heavy (non-hydrogen) atoms. The molecule has 1 aliphatic heterocycles. The van der Waals surface area contributed by atoms with E-state index in [0.717, 1.165) is 18.0 Å². The van der Waals surface area contributed by atoms with Crippen LogP contribution in [0.15, 0.2) is 34.2 Å². The van der Waals surface area contributed by atoms with Gasteiger partial charge in [0.05, 0.1) is 18.2 Å². The van der Waals surface area contributed by atoms with Gasteiger partial charge in [-0.2, -0.15) is 5.26 Å². The van der Waals surface area contributed by atoms with Crippen molar-refractivity contribution in [3.05, 3.63) is 45.2 Å². The molecular formula is C15H13ClN4OS. The minimum Gasteiger partial charge on any atom is -0.276 e. The number of benzene rings is 1.